The Kier molecular flexibility index (Phi) is 4.19. The van der Waals surface area contributed by atoms with Gasteiger partial charge in [0.25, 0.3) is 5.56 Å². The van der Waals surface area contributed by atoms with Gasteiger partial charge >= 0.3 is 6.72 Å². The van der Waals surface area contributed by atoms with Gasteiger partial charge in [-0.25, -0.2) is 4.98 Å². The van der Waals surface area contributed by atoms with Gasteiger partial charge in [0.15, 0.2) is 17.4 Å². The van der Waals surface area contributed by atoms with Crippen LogP contribution in [-0.2, 0) is 30.3 Å². The second-order valence-electron chi connectivity index (χ2n) is 6.15. The van der Waals surface area contributed by atoms with Crippen molar-refractivity contribution in [2.45, 2.75) is 37.4 Å². The molecule has 0 saturated carbocycles. The highest BCUT2D eigenvalue weighted by Gasteiger charge is 2.63. The number of H-pyrrole nitrogens is 1. The third kappa shape index (κ3) is 2.61. The maximum Gasteiger partial charge on any atom is 0.324 e. The number of ether oxygens (including phenoxy) is 2. The number of nitrogens with zero attached hydrogens (tertiary/aromatic N) is 3. The van der Waals surface area contributed by atoms with Crippen LogP contribution in [0.15, 0.2) is 11.1 Å². The number of hydrogen-bond acceptors (Lipinski definition) is 9. The van der Waals surface area contributed by atoms with Crippen LogP contribution in [0.2, 0.25) is 0 Å². The van der Waals surface area contributed by atoms with E-state index in [0.717, 1.165) is 0 Å². The maximum atomic E-state index is 12.0. The van der Waals surface area contributed by atoms with Crippen LogP contribution in [0.25, 0.3) is 11.2 Å². The minimum absolute atomic E-state index is 0.0310. The van der Waals surface area contributed by atoms with Crippen LogP contribution < -0.4 is 11.3 Å². The first-order chi connectivity index (χ1) is 12.3. The van der Waals surface area contributed by atoms with Crippen molar-refractivity contribution in [2.24, 2.45) is 0 Å². The van der Waals surface area contributed by atoms with Crippen LogP contribution in [0.5, 0.6) is 0 Å². The van der Waals surface area contributed by atoms with Gasteiger partial charge in [-0.2, -0.15) is 4.98 Å². The Hall–Kier alpha value is -1.40. The van der Waals surface area contributed by atoms with Crippen molar-refractivity contribution < 1.29 is 23.4 Å². The van der Waals surface area contributed by atoms with Crippen molar-refractivity contribution in [3.63, 3.8) is 0 Å². The molecule has 26 heavy (non-hydrogen) atoms. The second-order valence-corrected chi connectivity index (χ2v) is 9.05. The zero-order valence-electron chi connectivity index (χ0n) is 14.0. The number of nitrogen functional groups attached to an aromatic ring is 1. The second kappa shape index (κ2) is 6.06. The monoisotopic (exact) mass is 403 g/mol. The van der Waals surface area contributed by atoms with Crippen molar-refractivity contribution >= 4 is 35.6 Å². The summed E-state index contributed by atoms with van der Waals surface area (Å²) in [6.07, 6.45) is 0.114. The normalized spacial score (nSPS) is 33.0. The van der Waals surface area contributed by atoms with Gasteiger partial charge in [-0.05, 0) is 18.2 Å². The molecule has 2 saturated heterocycles. The number of aromatic nitrogens is 4. The van der Waals surface area contributed by atoms with Gasteiger partial charge in [0.05, 0.1) is 12.9 Å². The van der Waals surface area contributed by atoms with Gasteiger partial charge in [0, 0.05) is 7.11 Å². The summed E-state index contributed by atoms with van der Waals surface area (Å²) in [7, 11) is 1.29. The number of hydrogen-bond donors (Lipinski definition) is 3. The Bertz CT molecular complexity index is 964. The smallest absolute Gasteiger partial charge is 0.324 e. The predicted octanol–water partition coefficient (Wildman–Crippen LogP) is 0.0266. The zero-order valence-corrected chi connectivity index (χ0v) is 15.7. The molecule has 4 heterocycles. The van der Waals surface area contributed by atoms with Gasteiger partial charge in [-0.3, -0.25) is 18.9 Å². The quantitative estimate of drug-likeness (QED) is 0.584. The SMILES string of the molecule is CC[C@]12CO[C@@H](C1OP(O)(=S)OC)[C@H](n1cnc3c(=O)[nH]c(N)nc31)O2. The molecule has 2 unspecified atom stereocenters. The van der Waals surface area contributed by atoms with Gasteiger partial charge in [-0.15, -0.1) is 0 Å². The van der Waals surface area contributed by atoms with E-state index in [2.05, 4.69) is 15.0 Å². The van der Waals surface area contributed by atoms with E-state index < -0.39 is 36.3 Å². The molecule has 0 radical (unpaired) electrons. The molecular formula is C13H18N5O6PS. The summed E-state index contributed by atoms with van der Waals surface area (Å²) in [6.45, 7) is -1.21. The fraction of sp³-hybridized carbons (Fsp3) is 0.615. The van der Waals surface area contributed by atoms with Crippen molar-refractivity contribution in [3.8, 4) is 0 Å². The fourth-order valence-electron chi connectivity index (χ4n) is 3.42. The fourth-order valence-corrected chi connectivity index (χ4v) is 4.38. The lowest BCUT2D eigenvalue weighted by Crippen LogP contribution is -2.40. The molecule has 142 valence electrons. The molecule has 2 fully saturated rings. The molecule has 0 aliphatic carbocycles. The van der Waals surface area contributed by atoms with Crippen molar-refractivity contribution in [2.75, 3.05) is 19.5 Å². The summed E-state index contributed by atoms with van der Waals surface area (Å²) >= 11 is 4.98. The van der Waals surface area contributed by atoms with Crippen LogP contribution >= 0.6 is 6.72 Å². The molecule has 2 aliphatic rings. The lowest BCUT2D eigenvalue weighted by Gasteiger charge is -2.31. The third-order valence-electron chi connectivity index (χ3n) is 4.77. The number of aromatic amines is 1. The van der Waals surface area contributed by atoms with E-state index in [9.17, 15) is 9.69 Å². The zero-order chi connectivity index (χ0) is 18.7. The highest BCUT2D eigenvalue weighted by Crippen LogP contribution is 2.55. The van der Waals surface area contributed by atoms with Crippen LogP contribution in [0, 0.1) is 0 Å². The first kappa shape index (κ1) is 18.0. The highest BCUT2D eigenvalue weighted by atomic mass is 32.5. The number of nitrogens with one attached hydrogen (secondary N) is 1. The third-order valence-corrected chi connectivity index (χ3v) is 6.43. The Morgan fingerprint density at radius 3 is 3.12 bits per heavy atom. The molecule has 0 spiro atoms. The lowest BCUT2D eigenvalue weighted by molar-refractivity contribution is -0.172. The Labute approximate surface area is 152 Å². The van der Waals surface area contributed by atoms with Crippen LogP contribution in [0.4, 0.5) is 5.95 Å². The molecule has 2 aromatic rings. The first-order valence-corrected chi connectivity index (χ1v) is 10.5. The number of rotatable bonds is 5. The first-order valence-electron chi connectivity index (χ1n) is 7.89. The standard InChI is InChI=1S/C13H18N5O6PS/c1-3-13-4-22-7(8(13)24-25(20,26)21-2)11(23-13)18-5-15-6-9(18)16-12(14)17-10(6)19/h5,7-8,11H,3-4H2,1-2H3,(H,20,26)(H3,14,16,17,19)/t7-,8?,11+,13-,25?/m0/s1. The maximum absolute atomic E-state index is 12.0. The molecule has 0 amide bonds. The molecule has 5 atom stereocenters. The van der Waals surface area contributed by atoms with E-state index in [1.807, 2.05) is 6.92 Å². The largest absolute Gasteiger partial charge is 0.369 e. The molecule has 4 rings (SSSR count). The molecule has 2 aromatic heterocycles. The summed E-state index contributed by atoms with van der Waals surface area (Å²) in [5, 5.41) is 0. The van der Waals surface area contributed by atoms with Gasteiger partial charge < -0.3 is 24.6 Å². The average Bonchev–Trinajstić information content (AvgIpc) is 3.25. The number of fused-ring (bicyclic) bond motifs is 3. The summed E-state index contributed by atoms with van der Waals surface area (Å²) in [5.74, 6) is -0.0310. The minimum atomic E-state index is -3.42. The molecule has 0 aromatic carbocycles. The number of imidazole rings is 1. The van der Waals surface area contributed by atoms with Crippen LogP contribution in [0.1, 0.15) is 19.6 Å². The topological polar surface area (TPSA) is 147 Å². The molecule has 4 N–H and O–H groups in total. The summed E-state index contributed by atoms with van der Waals surface area (Å²) < 4.78 is 24.2. The van der Waals surface area contributed by atoms with E-state index in [1.54, 1.807) is 4.57 Å². The van der Waals surface area contributed by atoms with Crippen molar-refractivity contribution in [3.05, 3.63) is 16.7 Å². The summed E-state index contributed by atoms with van der Waals surface area (Å²) in [6, 6.07) is 0. The van der Waals surface area contributed by atoms with Gasteiger partial charge in [0.2, 0.25) is 5.95 Å². The molecular weight excluding hydrogens is 385 g/mol. The lowest BCUT2D eigenvalue weighted by atomic mass is 9.96. The average molecular weight is 403 g/mol. The van der Waals surface area contributed by atoms with E-state index in [0.29, 0.717) is 6.42 Å². The number of anilines is 1. The summed E-state index contributed by atoms with van der Waals surface area (Å²) in [4.78, 5) is 32.7. The summed E-state index contributed by atoms with van der Waals surface area (Å²) in [5.41, 5.74) is 4.81. The molecule has 2 aliphatic heterocycles. The Morgan fingerprint density at radius 2 is 2.42 bits per heavy atom. The van der Waals surface area contributed by atoms with E-state index in [-0.39, 0.29) is 23.7 Å². The highest BCUT2D eigenvalue weighted by molar-refractivity contribution is 8.07. The van der Waals surface area contributed by atoms with Gasteiger partial charge in [0.1, 0.15) is 17.8 Å². The van der Waals surface area contributed by atoms with Gasteiger partial charge in [-0.1, -0.05) is 6.92 Å². The van der Waals surface area contributed by atoms with E-state index in [4.69, 9.17) is 36.1 Å². The molecule has 2 bridgehead atoms. The predicted molar refractivity (Wildman–Crippen MR) is 93.8 cm³/mol. The van der Waals surface area contributed by atoms with Crippen molar-refractivity contribution in [1.29, 1.82) is 0 Å². The van der Waals surface area contributed by atoms with Crippen LogP contribution in [-0.4, -0.2) is 55.9 Å². The van der Waals surface area contributed by atoms with Crippen molar-refractivity contribution in [1.82, 2.24) is 19.5 Å². The van der Waals surface area contributed by atoms with E-state index >= 15 is 0 Å². The molecule has 11 nitrogen and oxygen atoms in total. The van der Waals surface area contributed by atoms with E-state index in [1.165, 1.54) is 13.4 Å². The van der Waals surface area contributed by atoms with Crippen LogP contribution in [0.3, 0.4) is 0 Å². The minimum Gasteiger partial charge on any atom is -0.369 e. The number of nitrogens with two attached hydrogens (primary N) is 1. The molecule has 13 heteroatoms. The Balaban J connectivity index is 1.76. The Morgan fingerprint density at radius 1 is 1.65 bits per heavy atom.